The zero-order valence-corrected chi connectivity index (χ0v) is 11.4. The quantitative estimate of drug-likeness (QED) is 0.784. The van der Waals surface area contributed by atoms with Gasteiger partial charge in [0.25, 0.3) is 0 Å². The number of methoxy groups -OCH3 is 1. The smallest absolute Gasteiger partial charge is 0.221 e. The normalized spacial score (nSPS) is 16.1. The molecule has 0 heterocycles. The van der Waals surface area contributed by atoms with E-state index < -0.39 is 0 Å². The Morgan fingerprint density at radius 2 is 2.11 bits per heavy atom. The van der Waals surface area contributed by atoms with E-state index in [2.05, 4.69) is 5.32 Å². The lowest BCUT2D eigenvalue weighted by Gasteiger charge is -2.12. The van der Waals surface area contributed by atoms with E-state index in [4.69, 9.17) is 10.5 Å². The second-order valence-electron chi connectivity index (χ2n) is 5.18. The van der Waals surface area contributed by atoms with Gasteiger partial charge in [0.2, 0.25) is 5.91 Å². The summed E-state index contributed by atoms with van der Waals surface area (Å²) in [5.41, 5.74) is 8.15. The number of hydrogen-bond acceptors (Lipinski definition) is 3. The molecule has 1 fully saturated rings. The van der Waals surface area contributed by atoms with Crippen molar-refractivity contribution in [2.75, 3.05) is 7.11 Å². The molecule has 0 aliphatic heterocycles. The minimum Gasteiger partial charge on any atom is -0.380 e. The van der Waals surface area contributed by atoms with Crippen LogP contribution in [0.1, 0.15) is 30.4 Å². The Labute approximate surface area is 114 Å². The molecule has 1 aliphatic rings. The van der Waals surface area contributed by atoms with Crippen molar-refractivity contribution in [3.63, 3.8) is 0 Å². The lowest BCUT2D eigenvalue weighted by molar-refractivity contribution is -0.121. The molecule has 0 radical (unpaired) electrons. The first-order chi connectivity index (χ1) is 9.20. The van der Waals surface area contributed by atoms with Gasteiger partial charge in [0.1, 0.15) is 0 Å². The third-order valence-electron chi connectivity index (χ3n) is 3.54. The van der Waals surface area contributed by atoms with Gasteiger partial charge < -0.3 is 15.8 Å². The molecule has 1 aromatic rings. The van der Waals surface area contributed by atoms with Gasteiger partial charge in [-0.05, 0) is 29.9 Å². The summed E-state index contributed by atoms with van der Waals surface area (Å²) in [5, 5.41) is 2.94. The summed E-state index contributed by atoms with van der Waals surface area (Å²) in [6.45, 7) is 1.10. The number of ether oxygens (including phenoxy) is 1. The van der Waals surface area contributed by atoms with Gasteiger partial charge in [-0.1, -0.05) is 24.3 Å². The van der Waals surface area contributed by atoms with Crippen LogP contribution in [-0.2, 0) is 22.7 Å². The first-order valence-corrected chi connectivity index (χ1v) is 6.78. The van der Waals surface area contributed by atoms with Crippen molar-refractivity contribution in [2.45, 2.75) is 38.5 Å². The van der Waals surface area contributed by atoms with E-state index in [1.54, 1.807) is 7.11 Å². The van der Waals surface area contributed by atoms with E-state index in [9.17, 15) is 4.79 Å². The van der Waals surface area contributed by atoms with E-state index in [0.717, 1.165) is 11.1 Å². The van der Waals surface area contributed by atoms with Crippen molar-refractivity contribution >= 4 is 5.91 Å². The third-order valence-corrected chi connectivity index (χ3v) is 3.54. The molecule has 1 aromatic carbocycles. The van der Waals surface area contributed by atoms with Gasteiger partial charge in [-0.25, -0.2) is 0 Å². The monoisotopic (exact) mass is 262 g/mol. The van der Waals surface area contributed by atoms with Gasteiger partial charge in [0.15, 0.2) is 0 Å². The maximum atomic E-state index is 11.8. The summed E-state index contributed by atoms with van der Waals surface area (Å²) in [5.74, 6) is 0.596. The first-order valence-electron chi connectivity index (χ1n) is 6.78. The topological polar surface area (TPSA) is 64.3 Å². The molecule has 4 nitrogen and oxygen atoms in total. The van der Waals surface area contributed by atoms with E-state index in [0.29, 0.717) is 25.5 Å². The summed E-state index contributed by atoms with van der Waals surface area (Å²) in [4.78, 5) is 11.8. The summed E-state index contributed by atoms with van der Waals surface area (Å²) in [6.07, 6.45) is 2.77. The summed E-state index contributed by atoms with van der Waals surface area (Å²) in [6, 6.07) is 7.99. The summed E-state index contributed by atoms with van der Waals surface area (Å²) < 4.78 is 5.15. The first kappa shape index (κ1) is 14.0. The van der Waals surface area contributed by atoms with Crippen molar-refractivity contribution in [3.8, 4) is 0 Å². The lowest BCUT2D eigenvalue weighted by Crippen LogP contribution is -2.32. The Morgan fingerprint density at radius 3 is 2.74 bits per heavy atom. The molecule has 1 atom stereocenters. The summed E-state index contributed by atoms with van der Waals surface area (Å²) in [7, 11) is 1.67. The Hall–Kier alpha value is -1.39. The Balaban J connectivity index is 1.82. The van der Waals surface area contributed by atoms with E-state index in [-0.39, 0.29) is 11.9 Å². The maximum absolute atomic E-state index is 11.8. The lowest BCUT2D eigenvalue weighted by atomic mass is 10.1. The molecule has 0 spiro atoms. The standard InChI is InChI=1S/C15H22N2O2/c1-19-10-13-5-3-2-4-12(13)9-17-15(18)8-14(16)11-6-7-11/h2-5,11,14H,6-10,16H2,1H3,(H,17,18). The minimum atomic E-state index is 0.0224. The third kappa shape index (κ3) is 4.33. The Kier molecular flexibility index (Phi) is 4.93. The molecular weight excluding hydrogens is 240 g/mol. The largest absolute Gasteiger partial charge is 0.380 e. The fraction of sp³-hybridized carbons (Fsp3) is 0.533. The molecule has 0 bridgehead atoms. The molecule has 0 saturated heterocycles. The average molecular weight is 262 g/mol. The van der Waals surface area contributed by atoms with Crippen LogP contribution in [0.5, 0.6) is 0 Å². The second-order valence-corrected chi connectivity index (χ2v) is 5.18. The number of carbonyl (C=O) groups excluding carboxylic acids is 1. The molecule has 0 aromatic heterocycles. The average Bonchev–Trinajstić information content (AvgIpc) is 3.22. The molecular formula is C15H22N2O2. The minimum absolute atomic E-state index is 0.0224. The van der Waals surface area contributed by atoms with Crippen LogP contribution in [-0.4, -0.2) is 19.1 Å². The van der Waals surface area contributed by atoms with Crippen LogP contribution in [0.15, 0.2) is 24.3 Å². The van der Waals surface area contributed by atoms with Crippen LogP contribution >= 0.6 is 0 Å². The summed E-state index contributed by atoms with van der Waals surface area (Å²) >= 11 is 0. The number of benzene rings is 1. The van der Waals surface area contributed by atoms with Crippen molar-refractivity contribution in [3.05, 3.63) is 35.4 Å². The number of carbonyl (C=O) groups is 1. The predicted octanol–water partition coefficient (Wildman–Crippen LogP) is 1.58. The highest BCUT2D eigenvalue weighted by Crippen LogP contribution is 2.32. The van der Waals surface area contributed by atoms with Gasteiger partial charge in [-0.2, -0.15) is 0 Å². The van der Waals surface area contributed by atoms with Crippen LogP contribution in [0.2, 0.25) is 0 Å². The van der Waals surface area contributed by atoms with Gasteiger partial charge in [0, 0.05) is 26.1 Å². The van der Waals surface area contributed by atoms with Gasteiger partial charge >= 0.3 is 0 Å². The van der Waals surface area contributed by atoms with Crippen LogP contribution in [0, 0.1) is 5.92 Å². The molecule has 104 valence electrons. The van der Waals surface area contributed by atoms with Crippen molar-refractivity contribution in [2.24, 2.45) is 11.7 Å². The van der Waals surface area contributed by atoms with Crippen LogP contribution in [0.3, 0.4) is 0 Å². The number of rotatable bonds is 7. The van der Waals surface area contributed by atoms with Crippen LogP contribution in [0.4, 0.5) is 0 Å². The number of nitrogens with two attached hydrogens (primary N) is 1. The molecule has 2 rings (SSSR count). The number of hydrogen-bond donors (Lipinski definition) is 2. The fourth-order valence-corrected chi connectivity index (χ4v) is 2.20. The molecule has 1 unspecified atom stereocenters. The SMILES string of the molecule is COCc1ccccc1CNC(=O)CC(N)C1CC1. The molecule has 4 heteroatoms. The Morgan fingerprint density at radius 1 is 1.42 bits per heavy atom. The number of amides is 1. The Bertz CT molecular complexity index is 430. The highest BCUT2D eigenvalue weighted by molar-refractivity contribution is 5.76. The molecule has 1 saturated carbocycles. The molecule has 3 N–H and O–H groups in total. The molecule has 1 amide bonds. The van der Waals surface area contributed by atoms with E-state index >= 15 is 0 Å². The number of nitrogens with one attached hydrogen (secondary N) is 1. The van der Waals surface area contributed by atoms with Gasteiger partial charge in [0.05, 0.1) is 6.61 Å². The van der Waals surface area contributed by atoms with E-state index in [1.165, 1.54) is 12.8 Å². The van der Waals surface area contributed by atoms with Crippen molar-refractivity contribution in [1.82, 2.24) is 5.32 Å². The van der Waals surface area contributed by atoms with Crippen LogP contribution in [0.25, 0.3) is 0 Å². The zero-order chi connectivity index (χ0) is 13.7. The van der Waals surface area contributed by atoms with Crippen molar-refractivity contribution in [1.29, 1.82) is 0 Å². The van der Waals surface area contributed by atoms with Gasteiger partial charge in [-0.15, -0.1) is 0 Å². The zero-order valence-electron chi connectivity index (χ0n) is 11.4. The van der Waals surface area contributed by atoms with Crippen LogP contribution < -0.4 is 11.1 Å². The highest BCUT2D eigenvalue weighted by atomic mass is 16.5. The van der Waals surface area contributed by atoms with Crippen molar-refractivity contribution < 1.29 is 9.53 Å². The molecule has 19 heavy (non-hydrogen) atoms. The molecule has 1 aliphatic carbocycles. The maximum Gasteiger partial charge on any atom is 0.221 e. The van der Waals surface area contributed by atoms with Gasteiger partial charge in [-0.3, -0.25) is 4.79 Å². The second kappa shape index (κ2) is 6.68. The van der Waals surface area contributed by atoms with E-state index in [1.807, 2.05) is 24.3 Å². The predicted molar refractivity (Wildman–Crippen MR) is 74.3 cm³/mol. The fourth-order valence-electron chi connectivity index (χ4n) is 2.20. The highest BCUT2D eigenvalue weighted by Gasteiger charge is 2.29.